The molecule has 82 valence electrons. The zero-order valence-electron chi connectivity index (χ0n) is 9.34. The summed E-state index contributed by atoms with van der Waals surface area (Å²) in [6.07, 6.45) is 3.86. The molecule has 0 amide bonds. The third-order valence-electron chi connectivity index (χ3n) is 1.98. The molecular formula is C11H20O2S. The second-order valence-electron chi connectivity index (χ2n) is 4.66. The number of rotatable bonds is 1. The molecule has 0 spiro atoms. The van der Waals surface area contributed by atoms with E-state index in [9.17, 15) is 4.79 Å². The number of hydrogen-bond acceptors (Lipinski definition) is 2. The van der Waals surface area contributed by atoms with Crippen molar-refractivity contribution in [2.24, 2.45) is 0 Å². The minimum absolute atomic E-state index is 0.136. The lowest BCUT2D eigenvalue weighted by Crippen LogP contribution is -2.24. The van der Waals surface area contributed by atoms with Crippen molar-refractivity contribution in [2.75, 3.05) is 11.5 Å². The van der Waals surface area contributed by atoms with Crippen LogP contribution in [0.25, 0.3) is 0 Å². The standard InChI is InChI=1S/C11H20O2S/c1-11(2,3)13-10(12)9-14-7-5-4-6-8-14/h9H,4-8H2,1-3H3. The average molecular weight is 216 g/mol. The molecular weight excluding hydrogens is 196 g/mol. The fourth-order valence-corrected chi connectivity index (χ4v) is 3.34. The van der Waals surface area contributed by atoms with E-state index in [2.05, 4.69) is 0 Å². The van der Waals surface area contributed by atoms with Gasteiger partial charge in [-0.05, 0) is 45.1 Å². The first-order valence-corrected chi connectivity index (χ1v) is 6.84. The number of hydrogen-bond donors (Lipinski definition) is 0. The maximum absolute atomic E-state index is 11.5. The highest BCUT2D eigenvalue weighted by Crippen LogP contribution is 2.23. The summed E-state index contributed by atoms with van der Waals surface area (Å²) < 4.78 is 5.25. The highest BCUT2D eigenvalue weighted by Gasteiger charge is 2.15. The fraction of sp³-hybridized carbons (Fsp3) is 0.818. The first-order chi connectivity index (χ1) is 6.47. The van der Waals surface area contributed by atoms with E-state index in [4.69, 9.17) is 4.74 Å². The molecule has 0 aliphatic carbocycles. The smallest absolute Gasteiger partial charge is 0.336 e. The molecule has 0 N–H and O–H groups in total. The lowest BCUT2D eigenvalue weighted by molar-refractivity contribution is -0.145. The Morgan fingerprint density at radius 3 is 2.29 bits per heavy atom. The van der Waals surface area contributed by atoms with Gasteiger partial charge in [0.1, 0.15) is 5.60 Å². The highest BCUT2D eigenvalue weighted by molar-refractivity contribution is 8.15. The molecule has 1 aliphatic heterocycles. The predicted molar refractivity (Wildman–Crippen MR) is 63.1 cm³/mol. The van der Waals surface area contributed by atoms with Gasteiger partial charge < -0.3 is 4.74 Å². The van der Waals surface area contributed by atoms with Crippen LogP contribution in [0.2, 0.25) is 0 Å². The summed E-state index contributed by atoms with van der Waals surface area (Å²) in [6.45, 7) is 5.72. The van der Waals surface area contributed by atoms with Crippen LogP contribution in [0, 0.1) is 0 Å². The van der Waals surface area contributed by atoms with E-state index in [0.717, 1.165) is 0 Å². The Hall–Kier alpha value is -0.310. The van der Waals surface area contributed by atoms with Gasteiger partial charge in [-0.15, -0.1) is 0 Å². The van der Waals surface area contributed by atoms with Crippen LogP contribution in [0.5, 0.6) is 0 Å². The van der Waals surface area contributed by atoms with Crippen molar-refractivity contribution in [3.8, 4) is 0 Å². The van der Waals surface area contributed by atoms with Gasteiger partial charge in [0.05, 0.1) is 0 Å². The quantitative estimate of drug-likeness (QED) is 0.497. The lowest BCUT2D eigenvalue weighted by Gasteiger charge is -2.20. The molecule has 0 aromatic heterocycles. The Morgan fingerprint density at radius 1 is 1.21 bits per heavy atom. The van der Waals surface area contributed by atoms with Crippen molar-refractivity contribution in [3.63, 3.8) is 0 Å². The summed E-state index contributed by atoms with van der Waals surface area (Å²) in [5.41, 5.74) is -0.354. The Bertz CT molecular complexity index is 230. The van der Waals surface area contributed by atoms with Gasteiger partial charge in [0.15, 0.2) is 0 Å². The van der Waals surface area contributed by atoms with Crippen molar-refractivity contribution in [1.82, 2.24) is 0 Å². The van der Waals surface area contributed by atoms with Crippen LogP contribution < -0.4 is 0 Å². The molecule has 1 aliphatic rings. The van der Waals surface area contributed by atoms with Crippen LogP contribution >= 0.6 is 10.5 Å². The number of carbonyl (C=O) groups is 1. The lowest BCUT2D eigenvalue weighted by atomic mass is 10.2. The molecule has 0 aromatic carbocycles. The normalized spacial score (nSPS) is 19.1. The SMILES string of the molecule is CC(C)(C)OC(=O)C=S1CCCCC1. The molecule has 14 heavy (non-hydrogen) atoms. The van der Waals surface area contributed by atoms with Crippen LogP contribution in [0.15, 0.2) is 0 Å². The minimum Gasteiger partial charge on any atom is -0.456 e. The van der Waals surface area contributed by atoms with E-state index in [-0.39, 0.29) is 22.1 Å². The maximum atomic E-state index is 11.5. The summed E-state index contributed by atoms with van der Waals surface area (Å²) >= 11 is 0. The van der Waals surface area contributed by atoms with Gasteiger partial charge in [-0.25, -0.2) is 4.79 Å². The summed E-state index contributed by atoms with van der Waals surface area (Å²) in [4.78, 5) is 11.5. The Kier molecular flexibility index (Phi) is 4.17. The van der Waals surface area contributed by atoms with E-state index in [1.807, 2.05) is 20.8 Å². The number of carbonyl (C=O) groups excluding carboxylic acids is 1. The first-order valence-electron chi connectivity index (χ1n) is 5.21. The second kappa shape index (κ2) is 4.96. The summed E-state index contributed by atoms with van der Waals surface area (Å²) in [5, 5.41) is 1.80. The molecule has 3 heteroatoms. The van der Waals surface area contributed by atoms with E-state index >= 15 is 0 Å². The van der Waals surface area contributed by atoms with Crippen molar-refractivity contribution in [1.29, 1.82) is 0 Å². The van der Waals surface area contributed by atoms with Crippen LogP contribution in [0.1, 0.15) is 40.0 Å². The molecule has 0 radical (unpaired) electrons. The van der Waals surface area contributed by atoms with Crippen LogP contribution in [-0.4, -0.2) is 28.4 Å². The van der Waals surface area contributed by atoms with Crippen molar-refractivity contribution in [3.05, 3.63) is 0 Å². The Balaban J connectivity index is 2.45. The van der Waals surface area contributed by atoms with Crippen LogP contribution in [0.3, 0.4) is 0 Å². The third-order valence-corrected chi connectivity index (χ3v) is 4.13. The highest BCUT2D eigenvalue weighted by atomic mass is 32.2. The minimum atomic E-state index is -0.354. The summed E-state index contributed by atoms with van der Waals surface area (Å²) in [5.74, 6) is 2.22. The van der Waals surface area contributed by atoms with Gasteiger partial charge in [0, 0.05) is 5.37 Å². The van der Waals surface area contributed by atoms with Crippen molar-refractivity contribution < 1.29 is 9.53 Å². The van der Waals surface area contributed by atoms with E-state index in [0.29, 0.717) is 0 Å². The molecule has 0 aromatic rings. The average Bonchev–Trinajstić information content (AvgIpc) is 2.02. The largest absolute Gasteiger partial charge is 0.456 e. The van der Waals surface area contributed by atoms with Gasteiger partial charge in [0.2, 0.25) is 0 Å². The van der Waals surface area contributed by atoms with E-state index in [1.54, 1.807) is 5.37 Å². The molecule has 1 fully saturated rings. The first kappa shape index (κ1) is 11.8. The molecule has 1 heterocycles. The Labute approximate surface area is 89.0 Å². The maximum Gasteiger partial charge on any atom is 0.336 e. The van der Waals surface area contributed by atoms with Crippen LogP contribution in [-0.2, 0) is 9.53 Å². The topological polar surface area (TPSA) is 26.3 Å². The molecule has 0 unspecified atom stereocenters. The fourth-order valence-electron chi connectivity index (χ4n) is 1.43. The number of ether oxygens (including phenoxy) is 1. The van der Waals surface area contributed by atoms with Crippen molar-refractivity contribution >= 4 is 21.8 Å². The molecule has 2 nitrogen and oxygen atoms in total. The molecule has 0 bridgehead atoms. The van der Waals surface area contributed by atoms with Gasteiger partial charge in [0.25, 0.3) is 0 Å². The van der Waals surface area contributed by atoms with Gasteiger partial charge in [-0.1, -0.05) is 6.42 Å². The zero-order valence-corrected chi connectivity index (χ0v) is 10.2. The Morgan fingerprint density at radius 2 is 1.79 bits per heavy atom. The molecule has 0 saturated carbocycles. The third kappa shape index (κ3) is 4.80. The number of esters is 1. The molecule has 0 atom stereocenters. The summed E-state index contributed by atoms with van der Waals surface area (Å²) in [6, 6.07) is 0. The van der Waals surface area contributed by atoms with Crippen molar-refractivity contribution in [2.45, 2.75) is 45.6 Å². The second-order valence-corrected chi connectivity index (χ2v) is 6.78. The monoisotopic (exact) mass is 216 g/mol. The summed E-state index contributed by atoms with van der Waals surface area (Å²) in [7, 11) is 0.191. The van der Waals surface area contributed by atoms with E-state index in [1.165, 1.54) is 30.8 Å². The zero-order chi connectivity index (χ0) is 10.6. The van der Waals surface area contributed by atoms with Gasteiger partial charge >= 0.3 is 5.97 Å². The molecule has 1 rings (SSSR count). The van der Waals surface area contributed by atoms with Gasteiger partial charge in [-0.3, -0.25) is 0 Å². The van der Waals surface area contributed by atoms with E-state index < -0.39 is 0 Å². The van der Waals surface area contributed by atoms with Gasteiger partial charge in [-0.2, -0.15) is 10.5 Å². The molecule has 1 saturated heterocycles. The predicted octanol–water partition coefficient (Wildman–Crippen LogP) is 2.58. The van der Waals surface area contributed by atoms with Crippen LogP contribution in [0.4, 0.5) is 0 Å².